The molecule has 0 aliphatic carbocycles. The van der Waals surface area contributed by atoms with Gasteiger partial charge in [0.1, 0.15) is 5.75 Å². The fourth-order valence-electron chi connectivity index (χ4n) is 3.79. The highest BCUT2D eigenvalue weighted by molar-refractivity contribution is 5.70. The molecule has 1 fully saturated rings. The number of likely N-dealkylation sites (tertiary alicyclic amines) is 1. The average molecular weight is 386 g/mol. The van der Waals surface area contributed by atoms with Crippen LogP contribution in [0.25, 0.3) is 0 Å². The van der Waals surface area contributed by atoms with Crippen LogP contribution in [0, 0.1) is 5.92 Å². The van der Waals surface area contributed by atoms with E-state index in [1.165, 1.54) is 0 Å². The molecular weight excluding hydrogens is 360 g/mol. The summed E-state index contributed by atoms with van der Waals surface area (Å²) in [6.07, 6.45) is 3.24. The zero-order valence-electron chi connectivity index (χ0n) is 16.4. The summed E-state index contributed by atoms with van der Waals surface area (Å²) < 4.78 is 16.5. The molecule has 0 spiro atoms. The molecule has 3 rings (SSSR count). The summed E-state index contributed by atoms with van der Waals surface area (Å²) in [7, 11) is 4.77. The second-order valence-electron chi connectivity index (χ2n) is 6.78. The molecule has 0 radical (unpaired) electrons. The summed E-state index contributed by atoms with van der Waals surface area (Å²) in [6, 6.07) is 9.18. The predicted octanol–water partition coefficient (Wildman–Crippen LogP) is 2.99. The van der Waals surface area contributed by atoms with Gasteiger partial charge in [-0.15, -0.1) is 0 Å². The quantitative estimate of drug-likeness (QED) is 0.783. The summed E-state index contributed by atoms with van der Waals surface area (Å²) in [5.74, 6) is 0.650. The third kappa shape index (κ3) is 4.04. The van der Waals surface area contributed by atoms with E-state index in [9.17, 15) is 9.90 Å². The largest absolute Gasteiger partial charge is 0.496 e. The van der Waals surface area contributed by atoms with Crippen molar-refractivity contribution in [1.82, 2.24) is 9.88 Å². The number of hydrogen-bond acceptors (Lipinski definition) is 6. The highest BCUT2D eigenvalue weighted by Gasteiger charge is 2.34. The maximum absolute atomic E-state index is 11.6. The van der Waals surface area contributed by atoms with Crippen molar-refractivity contribution in [3.8, 4) is 17.2 Å². The van der Waals surface area contributed by atoms with Gasteiger partial charge in [-0.1, -0.05) is 6.07 Å². The van der Waals surface area contributed by atoms with Crippen LogP contribution in [0.4, 0.5) is 0 Å². The second-order valence-corrected chi connectivity index (χ2v) is 6.78. The Morgan fingerprint density at radius 1 is 1.14 bits per heavy atom. The number of methoxy groups -OCH3 is 3. The Labute approximate surface area is 164 Å². The van der Waals surface area contributed by atoms with Crippen molar-refractivity contribution >= 4 is 5.97 Å². The van der Waals surface area contributed by atoms with Crippen molar-refractivity contribution in [2.45, 2.75) is 18.9 Å². The van der Waals surface area contributed by atoms with Gasteiger partial charge in [0.25, 0.3) is 0 Å². The van der Waals surface area contributed by atoms with E-state index in [0.717, 1.165) is 24.2 Å². The van der Waals surface area contributed by atoms with E-state index in [1.807, 2.05) is 24.3 Å². The minimum Gasteiger partial charge on any atom is -0.496 e. The van der Waals surface area contributed by atoms with Crippen LogP contribution in [0.3, 0.4) is 0 Å². The van der Waals surface area contributed by atoms with Gasteiger partial charge in [0.15, 0.2) is 11.5 Å². The molecule has 1 saturated heterocycles. The number of aromatic nitrogens is 1. The first-order valence-corrected chi connectivity index (χ1v) is 9.26. The van der Waals surface area contributed by atoms with Crippen LogP contribution in [0.2, 0.25) is 0 Å². The number of aliphatic carboxylic acids is 1. The van der Waals surface area contributed by atoms with E-state index >= 15 is 0 Å². The normalized spacial score (nSPS) is 18.3. The Hall–Kier alpha value is -2.80. The zero-order valence-corrected chi connectivity index (χ0v) is 16.4. The fourth-order valence-corrected chi connectivity index (χ4v) is 3.79. The lowest BCUT2D eigenvalue weighted by molar-refractivity contribution is -0.143. The van der Waals surface area contributed by atoms with Gasteiger partial charge in [0.2, 0.25) is 0 Å². The van der Waals surface area contributed by atoms with Gasteiger partial charge in [0, 0.05) is 24.4 Å². The monoisotopic (exact) mass is 386 g/mol. The summed E-state index contributed by atoms with van der Waals surface area (Å²) in [6.45, 7) is 1.23. The van der Waals surface area contributed by atoms with Crippen LogP contribution >= 0.6 is 0 Å². The van der Waals surface area contributed by atoms with E-state index in [4.69, 9.17) is 14.2 Å². The van der Waals surface area contributed by atoms with Crippen molar-refractivity contribution in [3.63, 3.8) is 0 Å². The second kappa shape index (κ2) is 8.93. The molecule has 0 bridgehead atoms. The Morgan fingerprint density at radius 2 is 1.86 bits per heavy atom. The zero-order chi connectivity index (χ0) is 20.1. The fraction of sp³-hybridized carbons (Fsp3) is 0.429. The number of hydrogen-bond donors (Lipinski definition) is 1. The molecule has 2 unspecified atom stereocenters. The lowest BCUT2D eigenvalue weighted by Crippen LogP contribution is -2.41. The Morgan fingerprint density at radius 3 is 2.46 bits per heavy atom. The van der Waals surface area contributed by atoms with Crippen molar-refractivity contribution in [2.24, 2.45) is 5.92 Å². The van der Waals surface area contributed by atoms with E-state index in [-0.39, 0.29) is 6.04 Å². The lowest BCUT2D eigenvalue weighted by atomic mass is 9.92. The number of pyridine rings is 1. The predicted molar refractivity (Wildman–Crippen MR) is 104 cm³/mol. The molecular formula is C21H26N2O5. The van der Waals surface area contributed by atoms with Crippen molar-refractivity contribution < 1.29 is 24.1 Å². The third-order valence-electron chi connectivity index (χ3n) is 5.17. The first-order chi connectivity index (χ1) is 13.6. The molecule has 2 aromatic rings. The standard InChI is InChI=1S/C21H26N2O5/c1-26-17-12-19(28-3)18(27-2)11-15(17)20(16-8-4-5-9-22-16)23-10-6-7-14(13-23)21(24)25/h4-5,8-9,11-12,14,20H,6-7,10,13H2,1-3H3,(H,24,25). The van der Waals surface area contributed by atoms with Crippen LogP contribution in [-0.2, 0) is 4.79 Å². The minimum absolute atomic E-state index is 0.252. The SMILES string of the molecule is COc1cc(OC)c(C(c2ccccn2)N2CCCC(C(=O)O)C2)cc1OC. The Bertz CT molecular complexity index is 812. The van der Waals surface area contributed by atoms with E-state index < -0.39 is 11.9 Å². The van der Waals surface area contributed by atoms with Gasteiger partial charge >= 0.3 is 5.97 Å². The van der Waals surface area contributed by atoms with Gasteiger partial charge < -0.3 is 19.3 Å². The van der Waals surface area contributed by atoms with Gasteiger partial charge in [-0.2, -0.15) is 0 Å². The molecule has 150 valence electrons. The number of carboxylic acids is 1. The van der Waals surface area contributed by atoms with Gasteiger partial charge in [-0.25, -0.2) is 0 Å². The molecule has 7 nitrogen and oxygen atoms in total. The highest BCUT2D eigenvalue weighted by atomic mass is 16.5. The molecule has 28 heavy (non-hydrogen) atoms. The highest BCUT2D eigenvalue weighted by Crippen LogP contribution is 2.42. The molecule has 1 aliphatic heterocycles. The molecule has 0 amide bonds. The molecule has 7 heteroatoms. The summed E-state index contributed by atoms with van der Waals surface area (Å²) >= 11 is 0. The van der Waals surface area contributed by atoms with Crippen LogP contribution < -0.4 is 14.2 Å². The van der Waals surface area contributed by atoms with Crippen LogP contribution in [0.1, 0.15) is 30.1 Å². The van der Waals surface area contributed by atoms with Crippen LogP contribution in [0.15, 0.2) is 36.5 Å². The number of rotatable bonds is 7. The molecule has 1 N–H and O–H groups in total. The summed E-state index contributed by atoms with van der Waals surface area (Å²) in [4.78, 5) is 18.3. The van der Waals surface area contributed by atoms with Crippen molar-refractivity contribution in [3.05, 3.63) is 47.8 Å². The Balaban J connectivity index is 2.11. The maximum Gasteiger partial charge on any atom is 0.307 e. The smallest absolute Gasteiger partial charge is 0.307 e. The van der Waals surface area contributed by atoms with Crippen LogP contribution in [-0.4, -0.2) is 55.4 Å². The minimum atomic E-state index is -0.760. The van der Waals surface area contributed by atoms with E-state index in [2.05, 4.69) is 9.88 Å². The number of benzene rings is 1. The molecule has 1 aliphatic rings. The number of nitrogens with zero attached hydrogens (tertiary/aromatic N) is 2. The van der Waals surface area contributed by atoms with E-state index in [1.54, 1.807) is 33.6 Å². The van der Waals surface area contributed by atoms with E-state index in [0.29, 0.717) is 30.2 Å². The molecule has 0 saturated carbocycles. The van der Waals surface area contributed by atoms with Crippen molar-refractivity contribution in [1.29, 1.82) is 0 Å². The van der Waals surface area contributed by atoms with Gasteiger partial charge in [-0.3, -0.25) is 14.7 Å². The number of carbonyl (C=O) groups is 1. The summed E-state index contributed by atoms with van der Waals surface area (Å²) in [5, 5.41) is 9.53. The average Bonchev–Trinajstić information content (AvgIpc) is 2.74. The number of ether oxygens (including phenoxy) is 3. The molecule has 2 atom stereocenters. The Kier molecular flexibility index (Phi) is 6.36. The number of piperidine rings is 1. The third-order valence-corrected chi connectivity index (χ3v) is 5.17. The number of carboxylic acid groups (broad SMARTS) is 1. The molecule has 1 aromatic carbocycles. The van der Waals surface area contributed by atoms with Crippen LogP contribution in [0.5, 0.6) is 17.2 Å². The molecule has 2 heterocycles. The van der Waals surface area contributed by atoms with Gasteiger partial charge in [0.05, 0.1) is 39.0 Å². The topological polar surface area (TPSA) is 81.1 Å². The molecule has 1 aromatic heterocycles. The first kappa shape index (κ1) is 19.9. The first-order valence-electron chi connectivity index (χ1n) is 9.26. The summed E-state index contributed by atoms with van der Waals surface area (Å²) in [5.41, 5.74) is 1.70. The lowest BCUT2D eigenvalue weighted by Gasteiger charge is -2.37. The van der Waals surface area contributed by atoms with Gasteiger partial charge in [-0.05, 0) is 37.6 Å². The maximum atomic E-state index is 11.6. The van der Waals surface area contributed by atoms with Crippen molar-refractivity contribution in [2.75, 3.05) is 34.4 Å².